The van der Waals surface area contributed by atoms with E-state index in [2.05, 4.69) is 10.5 Å². The van der Waals surface area contributed by atoms with E-state index in [-0.39, 0.29) is 54.8 Å². The molecule has 0 aromatic heterocycles. The first-order valence-electron chi connectivity index (χ1n) is 13.8. The summed E-state index contributed by atoms with van der Waals surface area (Å²) >= 11 is 0. The first-order valence-corrected chi connectivity index (χ1v) is 15.4. The predicted molar refractivity (Wildman–Crippen MR) is 144 cm³/mol. The van der Waals surface area contributed by atoms with Gasteiger partial charge in [-0.1, -0.05) is 24.2 Å². The lowest BCUT2D eigenvalue weighted by Crippen LogP contribution is -2.61. The minimum Gasteiger partial charge on any atom is -0.542 e. The number of carboxylic acids is 1. The van der Waals surface area contributed by atoms with E-state index in [1.54, 1.807) is 31.2 Å². The second kappa shape index (κ2) is 14.2. The number of fused-ring (bicyclic) bond motifs is 2. The van der Waals surface area contributed by atoms with Gasteiger partial charge in [-0.05, 0) is 18.6 Å². The lowest BCUT2D eigenvalue weighted by molar-refractivity contribution is -0.921. The molecule has 3 saturated heterocycles. The minimum atomic E-state index is -5.19. The molecule has 4 amide bonds. The van der Waals surface area contributed by atoms with Crippen LogP contribution in [0, 0.1) is 0 Å². The molecule has 3 heterocycles. The average Bonchev–Trinajstić information content (AvgIpc) is 3.43. The van der Waals surface area contributed by atoms with Gasteiger partial charge in [-0.25, -0.2) is 17.5 Å². The second-order valence-electron chi connectivity index (χ2n) is 10.6. The van der Waals surface area contributed by atoms with Crippen molar-refractivity contribution in [2.75, 3.05) is 31.9 Å². The number of piperazine rings is 1. The van der Waals surface area contributed by atoms with Gasteiger partial charge in [-0.3, -0.25) is 19.2 Å². The molecule has 4 rings (SSSR count). The van der Waals surface area contributed by atoms with Gasteiger partial charge in [0.05, 0.1) is 12.2 Å². The van der Waals surface area contributed by atoms with Crippen molar-refractivity contribution in [2.45, 2.75) is 51.4 Å². The molecular weight excluding hydrogens is 647 g/mol. The maximum Gasteiger partial charge on any atom is 0.430 e. The molecule has 0 radical (unpaired) electrons. The van der Waals surface area contributed by atoms with E-state index in [4.69, 9.17) is 14.7 Å². The van der Waals surface area contributed by atoms with Gasteiger partial charge in [0.25, 0.3) is 23.6 Å². The maximum atomic E-state index is 12.9. The number of quaternary nitrogens is 1. The van der Waals surface area contributed by atoms with Crippen LogP contribution in [-0.2, 0) is 45.4 Å². The number of amides is 4. The Kier molecular flexibility index (Phi) is 11.1. The molecule has 3 aliphatic rings. The third-order valence-electron chi connectivity index (χ3n) is 7.11. The van der Waals surface area contributed by atoms with Crippen molar-refractivity contribution < 1.29 is 70.0 Å². The zero-order valence-corrected chi connectivity index (χ0v) is 25.1. The number of benzene rings is 1. The summed E-state index contributed by atoms with van der Waals surface area (Å²) in [6.45, 7) is 2.46. The minimum absolute atomic E-state index is 0.00870. The number of nitrogens with zero attached hydrogens (tertiary/aromatic N) is 4. The van der Waals surface area contributed by atoms with Crippen LogP contribution in [-0.4, -0.2) is 113 Å². The summed E-state index contributed by atoms with van der Waals surface area (Å²) in [5.74, 6) is -6.15. The maximum absolute atomic E-state index is 12.9. The third-order valence-corrected chi connectivity index (χ3v) is 9.09. The second-order valence-corrected chi connectivity index (χ2v) is 12.6. The van der Waals surface area contributed by atoms with Gasteiger partial charge in [-0.2, -0.15) is 13.2 Å². The van der Waals surface area contributed by atoms with Gasteiger partial charge in [0.1, 0.15) is 37.4 Å². The van der Waals surface area contributed by atoms with Crippen LogP contribution in [0.5, 0.6) is 0 Å². The Morgan fingerprint density at radius 2 is 1.67 bits per heavy atom. The molecule has 3 aliphatic heterocycles. The number of hydroxylamine groups is 2. The Labute approximate surface area is 259 Å². The molecular formula is C26H30F3N5O11S. The number of alkyl halides is 3. The number of carbonyl (C=O) groups is 6. The predicted octanol–water partition coefficient (Wildman–Crippen LogP) is -1.18. The van der Waals surface area contributed by atoms with Crippen molar-refractivity contribution in [3.8, 4) is 0 Å². The molecule has 0 spiro atoms. The number of aliphatic carboxylic acids is 1. The molecule has 46 heavy (non-hydrogen) atoms. The highest BCUT2D eigenvalue weighted by Crippen LogP contribution is 2.32. The number of nitrogens with one attached hydrogen (secondary N) is 1. The number of halogens is 3. The standard InChI is InChI=1S/C24H29N5O9S.C2HF3O2/c1-2-11-39(36,37)28-19-14-29(15-22(28)32,13-18(19)26-35)12-16-3-5-17(6-4-16)24(34)25-10-9-23(33)38-27-20(30)7-8-21(27)31;3-2(4,5)1(6)7/h3-6,19H,2,7-15H2,1H3,(H-,25,34,35);(H,6,7)/b26-18+;. The monoisotopic (exact) mass is 677 g/mol. The van der Waals surface area contributed by atoms with Crippen LogP contribution < -0.4 is 10.4 Å². The van der Waals surface area contributed by atoms with Gasteiger partial charge in [-0.15, -0.1) is 5.06 Å². The lowest BCUT2D eigenvalue weighted by Gasteiger charge is -2.39. The molecule has 3 fully saturated rings. The van der Waals surface area contributed by atoms with E-state index in [9.17, 15) is 50.8 Å². The smallest absolute Gasteiger partial charge is 0.430 e. The molecule has 2 bridgehead atoms. The number of hydrogen-bond acceptors (Lipinski definition) is 12. The number of oxime groups is 1. The largest absolute Gasteiger partial charge is 0.542 e. The fourth-order valence-corrected chi connectivity index (χ4v) is 6.82. The van der Waals surface area contributed by atoms with E-state index < -0.39 is 57.8 Å². The van der Waals surface area contributed by atoms with E-state index >= 15 is 0 Å². The van der Waals surface area contributed by atoms with Gasteiger partial charge in [0, 0.05) is 30.5 Å². The van der Waals surface area contributed by atoms with Crippen molar-refractivity contribution in [2.24, 2.45) is 5.16 Å². The molecule has 1 aromatic rings. The Morgan fingerprint density at radius 1 is 1.09 bits per heavy atom. The molecule has 16 nitrogen and oxygen atoms in total. The summed E-state index contributed by atoms with van der Waals surface area (Å²) in [5, 5.41) is 24.6. The topological polar surface area (TPSA) is 220 Å². The number of imide groups is 1. The summed E-state index contributed by atoms with van der Waals surface area (Å²) in [7, 11) is -3.82. The van der Waals surface area contributed by atoms with Crippen LogP contribution >= 0.6 is 0 Å². The third kappa shape index (κ3) is 8.56. The van der Waals surface area contributed by atoms with Crippen molar-refractivity contribution in [1.29, 1.82) is 0 Å². The average molecular weight is 678 g/mol. The van der Waals surface area contributed by atoms with Crippen LogP contribution in [0.1, 0.15) is 48.5 Å². The Balaban J connectivity index is 0.000000738. The first-order chi connectivity index (χ1) is 21.4. The fourth-order valence-electron chi connectivity index (χ4n) is 5.16. The van der Waals surface area contributed by atoms with E-state index in [1.165, 1.54) is 0 Å². The summed E-state index contributed by atoms with van der Waals surface area (Å²) < 4.78 is 58.0. The Hall–Kier alpha value is -4.59. The normalized spacial score (nSPS) is 22.0. The first kappa shape index (κ1) is 35.9. The molecule has 0 saturated carbocycles. The molecule has 0 aliphatic carbocycles. The number of rotatable bonds is 10. The number of sulfonamides is 1. The summed E-state index contributed by atoms with van der Waals surface area (Å²) in [6.07, 6.45) is -5.10. The Morgan fingerprint density at radius 3 is 2.20 bits per heavy atom. The summed E-state index contributed by atoms with van der Waals surface area (Å²) in [5.41, 5.74) is 1.36. The van der Waals surface area contributed by atoms with Crippen molar-refractivity contribution in [3.05, 3.63) is 35.4 Å². The quantitative estimate of drug-likeness (QED) is 0.130. The van der Waals surface area contributed by atoms with E-state index in [1.807, 2.05) is 0 Å². The van der Waals surface area contributed by atoms with E-state index in [0.717, 1.165) is 9.87 Å². The van der Waals surface area contributed by atoms with Crippen LogP contribution in [0.25, 0.3) is 0 Å². The molecule has 252 valence electrons. The molecule has 2 unspecified atom stereocenters. The van der Waals surface area contributed by atoms with Crippen LogP contribution in [0.15, 0.2) is 29.4 Å². The highest BCUT2D eigenvalue weighted by Gasteiger charge is 2.56. The van der Waals surface area contributed by atoms with Crippen LogP contribution in [0.3, 0.4) is 0 Å². The molecule has 20 heteroatoms. The highest BCUT2D eigenvalue weighted by molar-refractivity contribution is 7.89. The molecule has 1 aromatic carbocycles. The van der Waals surface area contributed by atoms with Gasteiger partial charge >= 0.3 is 12.1 Å². The number of carboxylic acid groups (broad SMARTS) is 1. The highest BCUT2D eigenvalue weighted by atomic mass is 32.2. The van der Waals surface area contributed by atoms with Crippen molar-refractivity contribution in [1.82, 2.24) is 14.7 Å². The Bertz CT molecular complexity index is 1520. The number of carbonyl (C=O) groups excluding carboxylic acids is 6. The van der Waals surface area contributed by atoms with E-state index in [0.29, 0.717) is 30.1 Å². The van der Waals surface area contributed by atoms with Crippen LogP contribution in [0.4, 0.5) is 13.2 Å². The zero-order chi connectivity index (χ0) is 34.4. The van der Waals surface area contributed by atoms with Gasteiger partial charge in [0.15, 0.2) is 6.54 Å². The number of hydrogen-bond donors (Lipinski definition) is 2. The fraction of sp³-hybridized carbons (Fsp3) is 0.500. The molecule has 2 N–H and O–H groups in total. The van der Waals surface area contributed by atoms with Gasteiger partial charge in [0.2, 0.25) is 10.0 Å². The summed E-state index contributed by atoms with van der Waals surface area (Å²) in [6, 6.07) is 5.78. The summed E-state index contributed by atoms with van der Waals surface area (Å²) in [4.78, 5) is 73.8. The van der Waals surface area contributed by atoms with Crippen molar-refractivity contribution >= 4 is 51.3 Å². The van der Waals surface area contributed by atoms with Gasteiger partial charge < -0.3 is 29.7 Å². The SMILES string of the molecule is CCCS(=O)(=O)N1C(=O)C[N+]2(Cc3ccc(C(=O)NCCC(=O)ON4C(=O)CCC4=O)cc3)C/C(=N\O)C1C2.O=C([O-])C(F)(F)F. The van der Waals surface area contributed by atoms with Crippen molar-refractivity contribution in [3.63, 3.8) is 0 Å². The zero-order valence-electron chi connectivity index (χ0n) is 24.3. The molecule has 2 atom stereocenters. The lowest BCUT2D eigenvalue weighted by atomic mass is 10.1. The van der Waals surface area contributed by atoms with Crippen LogP contribution in [0.2, 0.25) is 0 Å².